The second kappa shape index (κ2) is 5.06. The Morgan fingerprint density at radius 3 is 2.53 bits per heavy atom. The van der Waals surface area contributed by atoms with Gasteiger partial charge in [0, 0.05) is 19.1 Å². The highest BCUT2D eigenvalue weighted by Gasteiger charge is 2.39. The average Bonchev–Trinajstić information content (AvgIpc) is 3.14. The summed E-state index contributed by atoms with van der Waals surface area (Å²) in [7, 11) is 2.19. The van der Waals surface area contributed by atoms with Gasteiger partial charge >= 0.3 is 0 Å². The molecule has 4 nitrogen and oxygen atoms in total. The molecule has 1 aliphatic carbocycles. The van der Waals surface area contributed by atoms with Crippen molar-refractivity contribution >= 4 is 5.91 Å². The third kappa shape index (κ3) is 3.11. The van der Waals surface area contributed by atoms with Crippen molar-refractivity contribution in [3.63, 3.8) is 0 Å². The molecule has 0 aromatic rings. The number of hydrogen-bond donors (Lipinski definition) is 1. The minimum absolute atomic E-state index is 0.113. The highest BCUT2D eigenvalue weighted by Crippen LogP contribution is 2.33. The molecule has 0 aromatic carbocycles. The number of rotatable bonds is 4. The second-order valence-corrected chi connectivity index (χ2v) is 7.16. The van der Waals surface area contributed by atoms with Crippen LogP contribution in [0.1, 0.15) is 39.0 Å². The van der Waals surface area contributed by atoms with E-state index < -0.39 is 0 Å². The van der Waals surface area contributed by atoms with E-state index in [4.69, 9.17) is 0 Å². The van der Waals surface area contributed by atoms with Crippen LogP contribution in [0.4, 0.5) is 0 Å². The van der Waals surface area contributed by atoms with Gasteiger partial charge in [0.05, 0.1) is 6.04 Å². The summed E-state index contributed by atoms with van der Waals surface area (Å²) < 4.78 is 0. The van der Waals surface area contributed by atoms with Crippen LogP contribution in [0.2, 0.25) is 0 Å². The van der Waals surface area contributed by atoms with E-state index in [2.05, 4.69) is 29.1 Å². The van der Waals surface area contributed by atoms with Gasteiger partial charge in [-0.3, -0.25) is 4.79 Å². The highest BCUT2D eigenvalue weighted by atomic mass is 16.2. The molecular formula is C15H27N3O. The third-order valence-electron chi connectivity index (χ3n) is 5.08. The van der Waals surface area contributed by atoms with Gasteiger partial charge in [-0.25, -0.2) is 0 Å². The maximum absolute atomic E-state index is 12.4. The lowest BCUT2D eigenvalue weighted by Crippen LogP contribution is -2.46. The van der Waals surface area contributed by atoms with E-state index in [1.54, 1.807) is 0 Å². The molecule has 4 heteroatoms. The van der Waals surface area contributed by atoms with Gasteiger partial charge in [0.15, 0.2) is 0 Å². The molecule has 3 fully saturated rings. The van der Waals surface area contributed by atoms with Crippen LogP contribution in [-0.2, 0) is 4.79 Å². The Morgan fingerprint density at radius 1 is 1.21 bits per heavy atom. The van der Waals surface area contributed by atoms with Crippen LogP contribution < -0.4 is 5.32 Å². The predicted molar refractivity (Wildman–Crippen MR) is 76.0 cm³/mol. The van der Waals surface area contributed by atoms with Crippen LogP contribution in [0.15, 0.2) is 0 Å². The molecule has 1 atom stereocenters. The van der Waals surface area contributed by atoms with E-state index in [1.165, 1.54) is 38.8 Å². The zero-order valence-electron chi connectivity index (χ0n) is 12.3. The van der Waals surface area contributed by atoms with Crippen molar-refractivity contribution in [2.24, 2.45) is 5.41 Å². The second-order valence-electron chi connectivity index (χ2n) is 7.16. The van der Waals surface area contributed by atoms with Crippen molar-refractivity contribution in [2.75, 3.05) is 33.2 Å². The number of nitrogens with zero attached hydrogens (tertiary/aromatic N) is 2. The molecule has 1 N–H and O–H groups in total. The van der Waals surface area contributed by atoms with Gasteiger partial charge in [0.2, 0.25) is 5.91 Å². The van der Waals surface area contributed by atoms with Crippen LogP contribution >= 0.6 is 0 Å². The van der Waals surface area contributed by atoms with Gasteiger partial charge in [0.1, 0.15) is 0 Å². The van der Waals surface area contributed by atoms with E-state index >= 15 is 0 Å². The zero-order chi connectivity index (χ0) is 13.5. The molecule has 0 bridgehead atoms. The molecule has 2 aliphatic heterocycles. The Hall–Kier alpha value is -0.610. The summed E-state index contributed by atoms with van der Waals surface area (Å²) in [5.74, 6) is 0.354. The summed E-state index contributed by atoms with van der Waals surface area (Å²) in [6.07, 6.45) is 5.95. The fraction of sp³-hybridized carbons (Fsp3) is 0.933. The maximum atomic E-state index is 12.4. The summed E-state index contributed by atoms with van der Waals surface area (Å²) in [6, 6.07) is 0.746. The Kier molecular flexibility index (Phi) is 3.56. The van der Waals surface area contributed by atoms with Gasteiger partial charge in [-0.2, -0.15) is 0 Å². The monoisotopic (exact) mass is 265 g/mol. The summed E-state index contributed by atoms with van der Waals surface area (Å²) in [6.45, 7) is 6.61. The molecule has 19 heavy (non-hydrogen) atoms. The number of amides is 1. The molecule has 0 aromatic heterocycles. The number of piperidine rings is 1. The first-order chi connectivity index (χ1) is 9.06. The minimum Gasteiger partial charge on any atom is -0.341 e. The Balaban J connectivity index is 1.53. The van der Waals surface area contributed by atoms with E-state index in [0.29, 0.717) is 17.4 Å². The van der Waals surface area contributed by atoms with Crippen LogP contribution in [0.25, 0.3) is 0 Å². The van der Waals surface area contributed by atoms with Gasteiger partial charge in [-0.05, 0) is 57.7 Å². The molecular weight excluding hydrogens is 238 g/mol. The fourth-order valence-electron chi connectivity index (χ4n) is 3.36. The number of carbonyl (C=O) groups excluding carboxylic acids is 1. The van der Waals surface area contributed by atoms with Crippen molar-refractivity contribution in [2.45, 2.75) is 51.1 Å². The average molecular weight is 265 g/mol. The predicted octanol–water partition coefficient (Wildman–Crippen LogP) is 1.07. The molecule has 0 spiro atoms. The van der Waals surface area contributed by atoms with Gasteiger partial charge in [-0.15, -0.1) is 0 Å². The quantitative estimate of drug-likeness (QED) is 0.826. The van der Waals surface area contributed by atoms with Crippen molar-refractivity contribution in [3.05, 3.63) is 0 Å². The molecule has 1 unspecified atom stereocenters. The first kappa shape index (κ1) is 13.4. The number of nitrogens with one attached hydrogen (secondary N) is 1. The maximum Gasteiger partial charge on any atom is 0.239 e. The van der Waals surface area contributed by atoms with Crippen LogP contribution in [0.5, 0.6) is 0 Å². The molecule has 3 aliphatic rings. The van der Waals surface area contributed by atoms with E-state index in [9.17, 15) is 4.79 Å². The number of likely N-dealkylation sites (tertiary alicyclic amines) is 2. The SMILES string of the molecule is CN1CCC(C)(CN2CCC(NC3CC3)C2=O)CC1. The lowest BCUT2D eigenvalue weighted by atomic mass is 9.80. The van der Waals surface area contributed by atoms with E-state index in [-0.39, 0.29) is 6.04 Å². The first-order valence-corrected chi connectivity index (χ1v) is 7.79. The van der Waals surface area contributed by atoms with E-state index in [0.717, 1.165) is 19.5 Å². The van der Waals surface area contributed by atoms with Crippen molar-refractivity contribution < 1.29 is 4.79 Å². The highest BCUT2D eigenvalue weighted by molar-refractivity contribution is 5.84. The topological polar surface area (TPSA) is 35.6 Å². The smallest absolute Gasteiger partial charge is 0.239 e. The van der Waals surface area contributed by atoms with Crippen molar-refractivity contribution in [1.29, 1.82) is 0 Å². The van der Waals surface area contributed by atoms with Gasteiger partial charge < -0.3 is 15.1 Å². The van der Waals surface area contributed by atoms with Crippen molar-refractivity contribution in [1.82, 2.24) is 15.1 Å². The Bertz CT molecular complexity index is 345. The van der Waals surface area contributed by atoms with Gasteiger partial charge in [0.25, 0.3) is 0 Å². The fourth-order valence-corrected chi connectivity index (χ4v) is 3.36. The van der Waals surface area contributed by atoms with Crippen molar-refractivity contribution in [3.8, 4) is 0 Å². The zero-order valence-corrected chi connectivity index (χ0v) is 12.3. The summed E-state index contributed by atoms with van der Waals surface area (Å²) in [5, 5.41) is 3.49. The van der Waals surface area contributed by atoms with Crippen LogP contribution in [0, 0.1) is 5.41 Å². The normalized spacial score (nSPS) is 32.0. The lowest BCUT2D eigenvalue weighted by Gasteiger charge is -2.40. The molecule has 3 rings (SSSR count). The summed E-state index contributed by atoms with van der Waals surface area (Å²) >= 11 is 0. The molecule has 2 heterocycles. The van der Waals surface area contributed by atoms with Gasteiger partial charge in [-0.1, -0.05) is 6.92 Å². The lowest BCUT2D eigenvalue weighted by molar-refractivity contribution is -0.131. The number of carbonyl (C=O) groups is 1. The van der Waals surface area contributed by atoms with E-state index in [1.807, 2.05) is 0 Å². The Morgan fingerprint density at radius 2 is 1.89 bits per heavy atom. The molecule has 0 radical (unpaired) electrons. The first-order valence-electron chi connectivity index (χ1n) is 7.79. The minimum atomic E-state index is 0.113. The Labute approximate surface area is 116 Å². The number of hydrogen-bond acceptors (Lipinski definition) is 3. The summed E-state index contributed by atoms with van der Waals surface area (Å²) in [5.41, 5.74) is 0.330. The standard InChI is InChI=1S/C15H27N3O/c1-15(6-9-17(2)10-7-15)11-18-8-5-13(14(18)19)16-12-3-4-12/h12-13,16H,3-11H2,1-2H3. The molecule has 1 saturated carbocycles. The molecule has 1 amide bonds. The van der Waals surface area contributed by atoms with Crippen LogP contribution in [-0.4, -0.2) is 61.0 Å². The molecule has 108 valence electrons. The third-order valence-corrected chi connectivity index (χ3v) is 5.08. The largest absolute Gasteiger partial charge is 0.341 e. The molecule has 2 saturated heterocycles. The van der Waals surface area contributed by atoms with Crippen LogP contribution in [0.3, 0.4) is 0 Å². The summed E-state index contributed by atoms with van der Waals surface area (Å²) in [4.78, 5) is 16.9.